The van der Waals surface area contributed by atoms with E-state index in [1.807, 2.05) is 0 Å². The molecule has 0 atom stereocenters. The minimum absolute atomic E-state index is 0.256. The number of carboxylic acid groups (broad SMARTS) is 2. The van der Waals surface area contributed by atoms with Crippen LogP contribution in [0.25, 0.3) is 0 Å². The molecular formula is C9H13N3O4. The third kappa shape index (κ3) is 4.09. The lowest BCUT2D eigenvalue weighted by Crippen LogP contribution is -2.33. The van der Waals surface area contributed by atoms with Crippen LogP contribution in [0.1, 0.15) is 5.56 Å². The molecule has 0 amide bonds. The number of aromatic nitrogens is 2. The number of rotatable bonds is 6. The Kier molecular flexibility index (Phi) is 4.01. The molecule has 0 aliphatic rings. The second kappa shape index (κ2) is 5.26. The van der Waals surface area contributed by atoms with Crippen molar-refractivity contribution in [1.82, 2.24) is 14.7 Å². The third-order valence-electron chi connectivity index (χ3n) is 1.88. The molecule has 0 aliphatic heterocycles. The van der Waals surface area contributed by atoms with Crippen molar-refractivity contribution in [3.63, 3.8) is 0 Å². The van der Waals surface area contributed by atoms with Gasteiger partial charge in [0.25, 0.3) is 0 Å². The summed E-state index contributed by atoms with van der Waals surface area (Å²) in [5, 5.41) is 21.2. The van der Waals surface area contributed by atoms with Crippen LogP contribution < -0.4 is 0 Å². The largest absolute Gasteiger partial charge is 0.480 e. The van der Waals surface area contributed by atoms with E-state index in [1.165, 1.54) is 4.90 Å². The summed E-state index contributed by atoms with van der Waals surface area (Å²) in [7, 11) is 1.74. The quantitative estimate of drug-likeness (QED) is 0.673. The molecular weight excluding hydrogens is 214 g/mol. The van der Waals surface area contributed by atoms with E-state index in [9.17, 15) is 9.59 Å². The fraction of sp³-hybridized carbons (Fsp3) is 0.444. The first-order valence-electron chi connectivity index (χ1n) is 4.61. The van der Waals surface area contributed by atoms with E-state index in [2.05, 4.69) is 5.10 Å². The summed E-state index contributed by atoms with van der Waals surface area (Å²) < 4.78 is 1.58. The Morgan fingerprint density at radius 3 is 2.31 bits per heavy atom. The van der Waals surface area contributed by atoms with E-state index in [1.54, 1.807) is 24.1 Å². The molecule has 7 heteroatoms. The highest BCUT2D eigenvalue weighted by molar-refractivity contribution is 5.72. The van der Waals surface area contributed by atoms with Crippen molar-refractivity contribution in [2.45, 2.75) is 6.54 Å². The lowest BCUT2D eigenvalue weighted by atomic mass is 10.3. The Bertz CT molecular complexity index is 372. The summed E-state index contributed by atoms with van der Waals surface area (Å²) in [6, 6.07) is 0. The summed E-state index contributed by atoms with van der Waals surface area (Å²) in [6.45, 7) is -0.352. The van der Waals surface area contributed by atoms with E-state index < -0.39 is 11.9 Å². The maximum atomic E-state index is 10.5. The maximum Gasteiger partial charge on any atom is 0.317 e. The van der Waals surface area contributed by atoms with Crippen molar-refractivity contribution >= 4 is 11.9 Å². The summed E-state index contributed by atoms with van der Waals surface area (Å²) in [5.41, 5.74) is 0.782. The van der Waals surface area contributed by atoms with Crippen LogP contribution in [0.3, 0.4) is 0 Å². The van der Waals surface area contributed by atoms with Gasteiger partial charge in [0, 0.05) is 25.4 Å². The predicted octanol–water partition coefficient (Wildman–Crippen LogP) is -0.609. The van der Waals surface area contributed by atoms with Crippen LogP contribution in [0, 0.1) is 0 Å². The van der Waals surface area contributed by atoms with E-state index in [4.69, 9.17) is 10.2 Å². The van der Waals surface area contributed by atoms with Gasteiger partial charge in [0.05, 0.1) is 19.3 Å². The van der Waals surface area contributed by atoms with E-state index in [0.717, 1.165) is 5.56 Å². The van der Waals surface area contributed by atoms with Crippen LogP contribution in [-0.2, 0) is 23.2 Å². The molecule has 1 rings (SSSR count). The SMILES string of the molecule is Cn1cc(CN(CC(=O)O)CC(=O)O)cn1. The number of aryl methyl sites for hydroxylation is 1. The van der Waals surface area contributed by atoms with Gasteiger partial charge in [-0.2, -0.15) is 5.10 Å². The zero-order valence-electron chi connectivity index (χ0n) is 8.83. The second-order valence-corrected chi connectivity index (χ2v) is 3.45. The molecule has 0 unspecified atom stereocenters. The van der Waals surface area contributed by atoms with Crippen molar-refractivity contribution < 1.29 is 19.8 Å². The second-order valence-electron chi connectivity index (χ2n) is 3.45. The standard InChI is InChI=1S/C9H13N3O4/c1-11-3-7(2-10-11)4-12(5-8(13)14)6-9(15)16/h2-3H,4-6H2,1H3,(H,13,14)(H,15,16). The van der Waals surface area contributed by atoms with Crippen LogP contribution in [0.5, 0.6) is 0 Å². The molecule has 0 spiro atoms. The van der Waals surface area contributed by atoms with E-state index >= 15 is 0 Å². The Labute approximate surface area is 91.9 Å². The van der Waals surface area contributed by atoms with Crippen LogP contribution >= 0.6 is 0 Å². The molecule has 0 saturated carbocycles. The van der Waals surface area contributed by atoms with Gasteiger partial charge in [0.1, 0.15) is 0 Å². The smallest absolute Gasteiger partial charge is 0.317 e. The third-order valence-corrected chi connectivity index (χ3v) is 1.88. The van der Waals surface area contributed by atoms with Gasteiger partial charge in [-0.25, -0.2) is 0 Å². The Morgan fingerprint density at radius 2 is 1.94 bits per heavy atom. The highest BCUT2D eigenvalue weighted by Crippen LogP contribution is 2.02. The normalized spacial score (nSPS) is 10.6. The molecule has 0 bridgehead atoms. The molecule has 88 valence electrons. The zero-order chi connectivity index (χ0) is 12.1. The molecule has 0 aliphatic carbocycles. The van der Waals surface area contributed by atoms with Gasteiger partial charge in [0.2, 0.25) is 0 Å². The molecule has 2 N–H and O–H groups in total. The van der Waals surface area contributed by atoms with Crippen molar-refractivity contribution in [1.29, 1.82) is 0 Å². The number of hydrogen-bond donors (Lipinski definition) is 2. The number of nitrogens with zero attached hydrogens (tertiary/aromatic N) is 3. The first kappa shape index (κ1) is 12.2. The molecule has 1 heterocycles. The van der Waals surface area contributed by atoms with Gasteiger partial charge in [-0.15, -0.1) is 0 Å². The zero-order valence-corrected chi connectivity index (χ0v) is 8.83. The van der Waals surface area contributed by atoms with Gasteiger partial charge in [0.15, 0.2) is 0 Å². The first-order valence-corrected chi connectivity index (χ1v) is 4.61. The van der Waals surface area contributed by atoms with Gasteiger partial charge in [-0.3, -0.25) is 19.2 Å². The average Bonchev–Trinajstić information content (AvgIpc) is 2.48. The Hall–Kier alpha value is -1.89. The molecule has 16 heavy (non-hydrogen) atoms. The number of carbonyl (C=O) groups is 2. The Balaban J connectivity index is 2.62. The van der Waals surface area contributed by atoms with Gasteiger partial charge in [-0.05, 0) is 0 Å². The summed E-state index contributed by atoms with van der Waals surface area (Å²) in [4.78, 5) is 22.4. The lowest BCUT2D eigenvalue weighted by molar-refractivity contribution is -0.142. The molecule has 1 aromatic heterocycles. The fourth-order valence-corrected chi connectivity index (χ4v) is 1.36. The average molecular weight is 227 g/mol. The van der Waals surface area contributed by atoms with Crippen LogP contribution in [-0.4, -0.2) is 49.9 Å². The molecule has 1 aromatic rings. The number of aliphatic carboxylic acids is 2. The minimum Gasteiger partial charge on any atom is -0.480 e. The molecule has 0 radical (unpaired) electrons. The predicted molar refractivity (Wildman–Crippen MR) is 53.8 cm³/mol. The van der Waals surface area contributed by atoms with Crippen LogP contribution in [0.4, 0.5) is 0 Å². The van der Waals surface area contributed by atoms with E-state index in [-0.39, 0.29) is 19.6 Å². The van der Waals surface area contributed by atoms with E-state index in [0.29, 0.717) is 0 Å². The number of carboxylic acids is 2. The summed E-state index contributed by atoms with van der Waals surface area (Å²) in [6.07, 6.45) is 3.30. The van der Waals surface area contributed by atoms with Gasteiger partial charge in [-0.1, -0.05) is 0 Å². The molecule has 0 aromatic carbocycles. The monoisotopic (exact) mass is 227 g/mol. The highest BCUT2D eigenvalue weighted by atomic mass is 16.4. The van der Waals surface area contributed by atoms with Crippen LogP contribution in [0.15, 0.2) is 12.4 Å². The van der Waals surface area contributed by atoms with Crippen molar-refractivity contribution in [2.24, 2.45) is 7.05 Å². The molecule has 0 saturated heterocycles. The fourth-order valence-electron chi connectivity index (χ4n) is 1.36. The van der Waals surface area contributed by atoms with Crippen molar-refractivity contribution in [2.75, 3.05) is 13.1 Å². The summed E-state index contributed by atoms with van der Waals surface area (Å²) in [5.74, 6) is -2.10. The topological polar surface area (TPSA) is 95.7 Å². The van der Waals surface area contributed by atoms with Gasteiger partial charge >= 0.3 is 11.9 Å². The Morgan fingerprint density at radius 1 is 1.38 bits per heavy atom. The van der Waals surface area contributed by atoms with Crippen molar-refractivity contribution in [3.05, 3.63) is 18.0 Å². The highest BCUT2D eigenvalue weighted by Gasteiger charge is 2.14. The first-order chi connectivity index (χ1) is 7.47. The molecule has 0 fully saturated rings. The van der Waals surface area contributed by atoms with Crippen LogP contribution in [0.2, 0.25) is 0 Å². The number of hydrogen-bond acceptors (Lipinski definition) is 4. The minimum atomic E-state index is -1.05. The van der Waals surface area contributed by atoms with Crippen molar-refractivity contribution in [3.8, 4) is 0 Å². The molecule has 7 nitrogen and oxygen atoms in total. The lowest BCUT2D eigenvalue weighted by Gasteiger charge is -2.16. The van der Waals surface area contributed by atoms with Gasteiger partial charge < -0.3 is 10.2 Å². The summed E-state index contributed by atoms with van der Waals surface area (Å²) >= 11 is 0. The maximum absolute atomic E-state index is 10.5.